The minimum absolute atomic E-state index is 0.924. The Bertz CT molecular complexity index is 406. The predicted octanol–water partition coefficient (Wildman–Crippen LogP) is 3.28. The van der Waals surface area contributed by atoms with E-state index in [-0.39, 0.29) is 0 Å². The first-order chi connectivity index (χ1) is 8.83. The number of nitrogens with zero attached hydrogens (tertiary/aromatic N) is 1. The number of hydrogen-bond acceptors (Lipinski definition) is 2. The van der Waals surface area contributed by atoms with Crippen molar-refractivity contribution in [1.82, 2.24) is 4.90 Å². The first-order valence-electron chi connectivity index (χ1n) is 7.40. The Balaban J connectivity index is 1.72. The third-order valence-electron chi connectivity index (χ3n) is 4.46. The van der Waals surface area contributed by atoms with Gasteiger partial charge in [0, 0.05) is 18.8 Å². The molecule has 3 rings (SSSR count). The number of anilines is 1. The Morgan fingerprint density at radius 1 is 1.28 bits per heavy atom. The monoisotopic (exact) mass is 244 g/mol. The van der Waals surface area contributed by atoms with Crippen LogP contribution in [0.25, 0.3) is 0 Å². The average Bonchev–Trinajstić information content (AvgIpc) is 2.42. The fourth-order valence-electron chi connectivity index (χ4n) is 3.19. The topological polar surface area (TPSA) is 15.3 Å². The van der Waals surface area contributed by atoms with Crippen molar-refractivity contribution in [1.29, 1.82) is 0 Å². The smallest absolute Gasteiger partial charge is 0.0375 e. The van der Waals surface area contributed by atoms with Crippen LogP contribution in [0.5, 0.6) is 0 Å². The highest BCUT2D eigenvalue weighted by Crippen LogP contribution is 2.27. The standard InChI is InChI=1S/C16H24N2/c1-13-7-10-18(11-8-13)12-14-4-2-6-16-15(14)5-3-9-17-16/h2,4,6,13,17H,3,5,7-12H2,1H3. The van der Waals surface area contributed by atoms with E-state index in [0.29, 0.717) is 0 Å². The molecule has 1 saturated heterocycles. The molecule has 0 aromatic heterocycles. The third kappa shape index (κ3) is 2.54. The van der Waals surface area contributed by atoms with Gasteiger partial charge in [0.1, 0.15) is 0 Å². The average molecular weight is 244 g/mol. The van der Waals surface area contributed by atoms with Gasteiger partial charge in [-0.25, -0.2) is 0 Å². The lowest BCUT2D eigenvalue weighted by Gasteiger charge is -2.31. The first kappa shape index (κ1) is 12.0. The third-order valence-corrected chi connectivity index (χ3v) is 4.46. The van der Waals surface area contributed by atoms with E-state index in [1.165, 1.54) is 44.5 Å². The van der Waals surface area contributed by atoms with E-state index < -0.39 is 0 Å². The van der Waals surface area contributed by atoms with Gasteiger partial charge in [0.25, 0.3) is 0 Å². The van der Waals surface area contributed by atoms with Crippen molar-refractivity contribution < 1.29 is 0 Å². The molecule has 0 unspecified atom stereocenters. The number of hydrogen-bond donors (Lipinski definition) is 1. The number of nitrogens with one attached hydrogen (secondary N) is 1. The molecule has 0 saturated carbocycles. The van der Waals surface area contributed by atoms with Gasteiger partial charge < -0.3 is 5.32 Å². The highest BCUT2D eigenvalue weighted by atomic mass is 15.1. The van der Waals surface area contributed by atoms with Crippen LogP contribution in [0.4, 0.5) is 5.69 Å². The highest BCUT2D eigenvalue weighted by Gasteiger charge is 2.18. The summed E-state index contributed by atoms with van der Waals surface area (Å²) in [7, 11) is 0. The molecule has 0 spiro atoms. The van der Waals surface area contributed by atoms with Gasteiger partial charge in [-0.15, -0.1) is 0 Å². The molecule has 2 heterocycles. The minimum atomic E-state index is 0.924. The van der Waals surface area contributed by atoms with E-state index in [0.717, 1.165) is 19.0 Å². The molecule has 1 aromatic rings. The van der Waals surface area contributed by atoms with E-state index >= 15 is 0 Å². The zero-order valence-corrected chi connectivity index (χ0v) is 11.4. The van der Waals surface area contributed by atoms with Crippen molar-refractivity contribution in [2.45, 2.75) is 39.2 Å². The summed E-state index contributed by atoms with van der Waals surface area (Å²) in [5.74, 6) is 0.924. The molecule has 0 aliphatic carbocycles. The number of likely N-dealkylation sites (tertiary alicyclic amines) is 1. The molecule has 2 aliphatic heterocycles. The maximum atomic E-state index is 3.53. The molecule has 1 fully saturated rings. The van der Waals surface area contributed by atoms with Crippen LogP contribution < -0.4 is 5.32 Å². The van der Waals surface area contributed by atoms with Crippen molar-refractivity contribution >= 4 is 5.69 Å². The number of fused-ring (bicyclic) bond motifs is 1. The number of benzene rings is 1. The molecule has 0 atom stereocenters. The van der Waals surface area contributed by atoms with Gasteiger partial charge in [0.05, 0.1) is 0 Å². The van der Waals surface area contributed by atoms with Crippen LogP contribution in [0.1, 0.15) is 37.3 Å². The second kappa shape index (κ2) is 5.31. The molecule has 18 heavy (non-hydrogen) atoms. The first-order valence-corrected chi connectivity index (χ1v) is 7.40. The van der Waals surface area contributed by atoms with Crippen LogP contribution in [0, 0.1) is 5.92 Å². The zero-order chi connectivity index (χ0) is 12.4. The molecule has 98 valence electrons. The van der Waals surface area contributed by atoms with Crippen LogP contribution in [-0.4, -0.2) is 24.5 Å². The van der Waals surface area contributed by atoms with Crippen molar-refractivity contribution in [3.05, 3.63) is 29.3 Å². The normalized spacial score (nSPS) is 21.4. The SMILES string of the molecule is CC1CCN(Cc2cccc3c2CCCN3)CC1. The van der Waals surface area contributed by atoms with Gasteiger partial charge in [-0.05, 0) is 61.9 Å². The zero-order valence-electron chi connectivity index (χ0n) is 11.4. The van der Waals surface area contributed by atoms with Crippen LogP contribution >= 0.6 is 0 Å². The van der Waals surface area contributed by atoms with Gasteiger partial charge >= 0.3 is 0 Å². The lowest BCUT2D eigenvalue weighted by atomic mass is 9.95. The maximum Gasteiger partial charge on any atom is 0.0375 e. The van der Waals surface area contributed by atoms with E-state index in [1.54, 1.807) is 11.1 Å². The Kier molecular flexibility index (Phi) is 3.55. The van der Waals surface area contributed by atoms with E-state index in [9.17, 15) is 0 Å². The van der Waals surface area contributed by atoms with E-state index in [1.807, 2.05) is 0 Å². The highest BCUT2D eigenvalue weighted by molar-refractivity contribution is 5.56. The summed E-state index contributed by atoms with van der Waals surface area (Å²) in [5, 5.41) is 3.53. The van der Waals surface area contributed by atoms with Crippen LogP contribution in [0.15, 0.2) is 18.2 Å². The molecular formula is C16H24N2. The lowest BCUT2D eigenvalue weighted by Crippen LogP contribution is -2.32. The summed E-state index contributed by atoms with van der Waals surface area (Å²) in [4.78, 5) is 2.63. The Labute approximate surface area is 110 Å². The van der Waals surface area contributed by atoms with E-state index in [4.69, 9.17) is 0 Å². The molecular weight excluding hydrogens is 220 g/mol. The molecule has 1 aromatic carbocycles. The summed E-state index contributed by atoms with van der Waals surface area (Å²) in [6.45, 7) is 7.22. The Morgan fingerprint density at radius 2 is 2.11 bits per heavy atom. The predicted molar refractivity (Wildman–Crippen MR) is 76.9 cm³/mol. The largest absolute Gasteiger partial charge is 0.385 e. The van der Waals surface area contributed by atoms with Crippen LogP contribution in [0.2, 0.25) is 0 Å². The molecule has 2 nitrogen and oxygen atoms in total. The van der Waals surface area contributed by atoms with E-state index in [2.05, 4.69) is 35.3 Å². The second-order valence-electron chi connectivity index (χ2n) is 5.93. The molecule has 0 bridgehead atoms. The summed E-state index contributed by atoms with van der Waals surface area (Å²) >= 11 is 0. The van der Waals surface area contributed by atoms with Crippen molar-refractivity contribution in [2.75, 3.05) is 25.0 Å². The van der Waals surface area contributed by atoms with Gasteiger partial charge in [-0.1, -0.05) is 19.1 Å². The quantitative estimate of drug-likeness (QED) is 0.859. The van der Waals surface area contributed by atoms with Crippen molar-refractivity contribution in [2.24, 2.45) is 5.92 Å². The molecule has 2 heteroatoms. The lowest BCUT2D eigenvalue weighted by molar-refractivity contribution is 0.185. The molecule has 0 radical (unpaired) electrons. The van der Waals surface area contributed by atoms with Gasteiger partial charge in [-0.3, -0.25) is 4.90 Å². The number of piperidine rings is 1. The van der Waals surface area contributed by atoms with Gasteiger partial charge in [0.15, 0.2) is 0 Å². The van der Waals surface area contributed by atoms with Gasteiger partial charge in [-0.2, -0.15) is 0 Å². The fourth-order valence-corrected chi connectivity index (χ4v) is 3.19. The van der Waals surface area contributed by atoms with Crippen LogP contribution in [0.3, 0.4) is 0 Å². The van der Waals surface area contributed by atoms with Crippen LogP contribution in [-0.2, 0) is 13.0 Å². The summed E-state index contributed by atoms with van der Waals surface area (Å²) in [6, 6.07) is 6.76. The molecule has 0 amide bonds. The molecule has 1 N–H and O–H groups in total. The number of rotatable bonds is 2. The Hall–Kier alpha value is -1.02. The van der Waals surface area contributed by atoms with Gasteiger partial charge in [0.2, 0.25) is 0 Å². The maximum absolute atomic E-state index is 3.53. The van der Waals surface area contributed by atoms with Crippen molar-refractivity contribution in [3.8, 4) is 0 Å². The summed E-state index contributed by atoms with van der Waals surface area (Å²) in [6.07, 6.45) is 5.27. The second-order valence-corrected chi connectivity index (χ2v) is 5.93. The Morgan fingerprint density at radius 3 is 2.94 bits per heavy atom. The molecule has 2 aliphatic rings. The fraction of sp³-hybridized carbons (Fsp3) is 0.625. The minimum Gasteiger partial charge on any atom is -0.385 e. The summed E-state index contributed by atoms with van der Waals surface area (Å²) < 4.78 is 0. The summed E-state index contributed by atoms with van der Waals surface area (Å²) in [5.41, 5.74) is 4.50. The van der Waals surface area contributed by atoms with Crippen molar-refractivity contribution in [3.63, 3.8) is 0 Å².